The van der Waals surface area contributed by atoms with Crippen LogP contribution in [0.1, 0.15) is 6.42 Å². The largest absolute Gasteiger partial charge is 0.351 e. The predicted molar refractivity (Wildman–Crippen MR) is 56.9 cm³/mol. The van der Waals surface area contributed by atoms with Crippen LogP contribution in [0.4, 0.5) is 11.4 Å². The number of nitrogens with zero attached hydrogens (tertiary/aromatic N) is 1. The molecule has 1 aromatic carbocycles. The molecular formula is C10H14N4. The maximum absolute atomic E-state index is 6.08. The molecular weight excluding hydrogens is 176 g/mol. The van der Waals surface area contributed by atoms with E-state index in [1.165, 1.54) is 11.4 Å². The average molecular weight is 190 g/mol. The monoisotopic (exact) mass is 190 g/mol. The van der Waals surface area contributed by atoms with Gasteiger partial charge >= 0.3 is 0 Å². The minimum absolute atomic E-state index is 0.123. The third-order valence-corrected chi connectivity index (χ3v) is 2.89. The summed E-state index contributed by atoms with van der Waals surface area (Å²) in [5, 5.41) is 6.79. The van der Waals surface area contributed by atoms with Crippen LogP contribution in [0.25, 0.3) is 0 Å². The molecule has 0 spiro atoms. The van der Waals surface area contributed by atoms with Gasteiger partial charge in [0.2, 0.25) is 0 Å². The number of hydrogen-bond donors (Lipinski definition) is 3. The summed E-state index contributed by atoms with van der Waals surface area (Å²) in [7, 11) is 0. The average Bonchev–Trinajstić information content (AvgIpc) is 2.57. The van der Waals surface area contributed by atoms with Crippen LogP contribution in [-0.4, -0.2) is 19.0 Å². The Hall–Kier alpha value is -1.26. The van der Waals surface area contributed by atoms with E-state index in [4.69, 9.17) is 5.73 Å². The Morgan fingerprint density at radius 2 is 2.21 bits per heavy atom. The lowest BCUT2D eigenvalue weighted by molar-refractivity contribution is 0.399. The van der Waals surface area contributed by atoms with E-state index in [0.717, 1.165) is 13.0 Å². The molecule has 1 saturated heterocycles. The minimum Gasteiger partial charge on any atom is -0.351 e. The van der Waals surface area contributed by atoms with Crippen molar-refractivity contribution < 1.29 is 0 Å². The van der Waals surface area contributed by atoms with E-state index in [1.807, 2.05) is 12.1 Å². The van der Waals surface area contributed by atoms with Crippen molar-refractivity contribution in [3.8, 4) is 0 Å². The van der Waals surface area contributed by atoms with Crippen molar-refractivity contribution in [2.24, 2.45) is 5.73 Å². The summed E-state index contributed by atoms with van der Waals surface area (Å²) in [5.41, 5.74) is 8.46. The maximum atomic E-state index is 6.08. The summed E-state index contributed by atoms with van der Waals surface area (Å²) in [5.74, 6) is 0. The van der Waals surface area contributed by atoms with Gasteiger partial charge in [0.05, 0.1) is 17.5 Å². The van der Waals surface area contributed by atoms with Gasteiger partial charge in [-0.05, 0) is 18.6 Å². The zero-order chi connectivity index (χ0) is 9.54. The number of anilines is 2. The molecule has 0 aliphatic carbocycles. The zero-order valence-electron chi connectivity index (χ0n) is 7.90. The highest BCUT2D eigenvalue weighted by molar-refractivity contribution is 5.76. The molecule has 1 fully saturated rings. The number of hydrogen-bond acceptors (Lipinski definition) is 4. The van der Waals surface area contributed by atoms with Gasteiger partial charge in [-0.2, -0.15) is 0 Å². The molecule has 4 N–H and O–H groups in total. The molecule has 1 aromatic rings. The molecule has 0 amide bonds. The molecule has 3 rings (SSSR count). The maximum Gasteiger partial charge on any atom is 0.156 e. The van der Waals surface area contributed by atoms with E-state index in [1.54, 1.807) is 0 Å². The summed E-state index contributed by atoms with van der Waals surface area (Å²) in [4.78, 5) is 2.21. The van der Waals surface area contributed by atoms with Crippen LogP contribution in [0.3, 0.4) is 0 Å². The second-order valence-corrected chi connectivity index (χ2v) is 3.78. The second kappa shape index (κ2) is 2.87. The molecule has 74 valence electrons. The molecule has 4 nitrogen and oxygen atoms in total. The number of rotatable bonds is 0. The molecule has 2 aliphatic heterocycles. The van der Waals surface area contributed by atoms with Gasteiger partial charge in [-0.25, -0.2) is 0 Å². The van der Waals surface area contributed by atoms with Gasteiger partial charge in [0.25, 0.3) is 0 Å². The van der Waals surface area contributed by atoms with Gasteiger partial charge in [-0.3, -0.25) is 5.32 Å². The summed E-state index contributed by atoms with van der Waals surface area (Å²) < 4.78 is 0. The first-order chi connectivity index (χ1) is 6.86. The summed E-state index contributed by atoms with van der Waals surface area (Å²) in [6, 6.07) is 8.28. The van der Waals surface area contributed by atoms with E-state index < -0.39 is 0 Å². The second-order valence-electron chi connectivity index (χ2n) is 3.78. The van der Waals surface area contributed by atoms with Gasteiger partial charge < -0.3 is 16.0 Å². The van der Waals surface area contributed by atoms with E-state index in [9.17, 15) is 0 Å². The minimum atomic E-state index is 0.123. The van der Waals surface area contributed by atoms with Gasteiger partial charge in [-0.1, -0.05) is 12.1 Å². The highest BCUT2D eigenvalue weighted by Gasteiger charge is 2.34. The number of nitrogens with two attached hydrogens (primary N) is 1. The number of para-hydroxylation sites is 2. The van der Waals surface area contributed by atoms with Crippen LogP contribution in [-0.2, 0) is 0 Å². The third kappa shape index (κ3) is 1.01. The molecule has 2 unspecified atom stereocenters. The number of nitrogens with one attached hydrogen (secondary N) is 2. The van der Waals surface area contributed by atoms with Gasteiger partial charge in [0.15, 0.2) is 6.29 Å². The molecule has 0 saturated carbocycles. The molecule has 0 bridgehead atoms. The van der Waals surface area contributed by atoms with Crippen molar-refractivity contribution in [1.82, 2.24) is 5.32 Å². The fourth-order valence-corrected chi connectivity index (χ4v) is 2.20. The molecule has 0 radical (unpaired) electrons. The lowest BCUT2D eigenvalue weighted by Gasteiger charge is -2.37. The number of benzene rings is 1. The fourth-order valence-electron chi connectivity index (χ4n) is 2.20. The molecule has 2 heterocycles. The molecule has 14 heavy (non-hydrogen) atoms. The Labute approximate surface area is 83.1 Å². The van der Waals surface area contributed by atoms with Crippen LogP contribution in [0, 0.1) is 0 Å². The SMILES string of the molecule is NC1CCNC2Nc3ccccc3N12. The number of fused-ring (bicyclic) bond motifs is 3. The predicted octanol–water partition coefficient (Wildman–Crippen LogP) is 0.480. The first-order valence-corrected chi connectivity index (χ1v) is 4.99. The van der Waals surface area contributed by atoms with Gasteiger partial charge in [0, 0.05) is 6.54 Å². The van der Waals surface area contributed by atoms with E-state index in [-0.39, 0.29) is 12.5 Å². The normalized spacial score (nSPS) is 29.4. The first-order valence-electron chi connectivity index (χ1n) is 4.99. The molecule has 2 aliphatic rings. The molecule has 4 heteroatoms. The Bertz CT molecular complexity index is 352. The molecule has 0 aromatic heterocycles. The summed E-state index contributed by atoms with van der Waals surface area (Å²) in [6.45, 7) is 0.976. The van der Waals surface area contributed by atoms with Crippen LogP contribution in [0.2, 0.25) is 0 Å². The molecule has 2 atom stereocenters. The highest BCUT2D eigenvalue weighted by atomic mass is 15.5. The first kappa shape index (κ1) is 8.08. The van der Waals surface area contributed by atoms with Crippen molar-refractivity contribution in [1.29, 1.82) is 0 Å². The Morgan fingerprint density at radius 3 is 3.14 bits per heavy atom. The zero-order valence-corrected chi connectivity index (χ0v) is 7.90. The topological polar surface area (TPSA) is 53.3 Å². The van der Waals surface area contributed by atoms with Crippen molar-refractivity contribution >= 4 is 11.4 Å². The fraction of sp³-hybridized carbons (Fsp3) is 0.400. The summed E-state index contributed by atoms with van der Waals surface area (Å²) in [6.07, 6.45) is 1.29. The van der Waals surface area contributed by atoms with Crippen molar-refractivity contribution in [3.63, 3.8) is 0 Å². The van der Waals surface area contributed by atoms with Gasteiger partial charge in [0.1, 0.15) is 0 Å². The van der Waals surface area contributed by atoms with Gasteiger partial charge in [-0.15, -0.1) is 0 Å². The third-order valence-electron chi connectivity index (χ3n) is 2.89. The van der Waals surface area contributed by atoms with E-state index in [2.05, 4.69) is 27.7 Å². The Morgan fingerprint density at radius 1 is 1.36 bits per heavy atom. The van der Waals surface area contributed by atoms with Crippen LogP contribution >= 0.6 is 0 Å². The standard InChI is InChI=1S/C10H14N4/c11-9-5-6-12-10-13-7-3-1-2-4-8(7)14(9)10/h1-4,9-10,12-13H,5-6,11H2. The van der Waals surface area contributed by atoms with Crippen molar-refractivity contribution in [2.75, 3.05) is 16.8 Å². The Balaban J connectivity index is 2.03. The highest BCUT2D eigenvalue weighted by Crippen LogP contribution is 2.35. The van der Waals surface area contributed by atoms with Crippen molar-refractivity contribution in [3.05, 3.63) is 24.3 Å². The lowest BCUT2D eigenvalue weighted by atomic mass is 10.2. The lowest BCUT2D eigenvalue weighted by Crippen LogP contribution is -2.60. The van der Waals surface area contributed by atoms with Crippen molar-refractivity contribution in [2.45, 2.75) is 18.9 Å². The van der Waals surface area contributed by atoms with Crippen LogP contribution < -0.4 is 21.3 Å². The smallest absolute Gasteiger partial charge is 0.156 e. The van der Waals surface area contributed by atoms with Crippen LogP contribution in [0.15, 0.2) is 24.3 Å². The quantitative estimate of drug-likeness (QED) is 0.557. The van der Waals surface area contributed by atoms with Crippen LogP contribution in [0.5, 0.6) is 0 Å². The summed E-state index contributed by atoms with van der Waals surface area (Å²) >= 11 is 0. The van der Waals surface area contributed by atoms with E-state index >= 15 is 0 Å². The van der Waals surface area contributed by atoms with E-state index in [0.29, 0.717) is 0 Å². The Kier molecular flexibility index (Phi) is 1.65.